The van der Waals surface area contributed by atoms with Crippen LogP contribution in [0.1, 0.15) is 52.8 Å². The minimum atomic E-state index is -2.19. The summed E-state index contributed by atoms with van der Waals surface area (Å²) in [5.74, 6) is 1.07. The number of hydrogen-bond acceptors (Lipinski definition) is 2. The van der Waals surface area contributed by atoms with Gasteiger partial charge in [-0.2, -0.15) is 0 Å². The van der Waals surface area contributed by atoms with E-state index in [0.29, 0.717) is 12.5 Å². The van der Waals surface area contributed by atoms with Crippen molar-refractivity contribution in [3.05, 3.63) is 28.8 Å². The van der Waals surface area contributed by atoms with Crippen molar-refractivity contribution in [3.8, 4) is 5.75 Å². The minimum absolute atomic E-state index is 0.389. The lowest BCUT2D eigenvalue weighted by Crippen LogP contribution is -2.24. The van der Waals surface area contributed by atoms with Crippen LogP contribution in [0.4, 0.5) is 0 Å². The Hall–Kier alpha value is -1.51. The van der Waals surface area contributed by atoms with Crippen LogP contribution in [0.15, 0.2) is 12.1 Å². The molecule has 1 aliphatic heterocycles. The number of nitrogens with one attached hydrogen (secondary N) is 1. The molecule has 1 N–H and O–H groups in total. The van der Waals surface area contributed by atoms with E-state index >= 15 is 0 Å². The van der Waals surface area contributed by atoms with Crippen molar-refractivity contribution in [1.29, 1.82) is 0 Å². The summed E-state index contributed by atoms with van der Waals surface area (Å²) in [7, 11) is 0. The van der Waals surface area contributed by atoms with E-state index in [9.17, 15) is 4.79 Å². The lowest BCUT2D eigenvalue weighted by Gasteiger charge is -2.15. The summed E-state index contributed by atoms with van der Waals surface area (Å²) < 4.78 is 26.9. The number of amides is 1. The molecule has 0 spiro atoms. The molecule has 0 saturated heterocycles. The number of carbonyl (C=O) groups is 1. The lowest BCUT2D eigenvalue weighted by atomic mass is 9.92. The van der Waals surface area contributed by atoms with Gasteiger partial charge in [0.25, 0.3) is 0 Å². The van der Waals surface area contributed by atoms with Gasteiger partial charge in [-0.3, -0.25) is 4.79 Å². The smallest absolute Gasteiger partial charge is 0.219 e. The first-order valence-corrected chi connectivity index (χ1v) is 6.98. The number of fused-ring (bicyclic) bond motifs is 3. The second-order valence-corrected chi connectivity index (χ2v) is 5.26. The maximum Gasteiger partial charge on any atom is 0.219 e. The first kappa shape index (κ1) is 9.40. The maximum atomic E-state index is 11.6. The molecule has 1 aromatic carbocycles. The van der Waals surface area contributed by atoms with Crippen molar-refractivity contribution < 1.29 is 13.6 Å². The fraction of sp³-hybridized carbons (Fsp3) is 0.562. The monoisotopic (exact) mass is 262 g/mol. The van der Waals surface area contributed by atoms with Gasteiger partial charge in [0.1, 0.15) is 5.75 Å². The summed E-state index contributed by atoms with van der Waals surface area (Å²) in [4.78, 5) is 11.6. The molecule has 1 heterocycles. The molecular formula is C16H21NO2. The van der Waals surface area contributed by atoms with Gasteiger partial charge in [-0.1, -0.05) is 12.9 Å². The molecule has 0 fully saturated rings. The Balaban J connectivity index is 1.58. The highest BCUT2D eigenvalue weighted by atomic mass is 16.5. The van der Waals surface area contributed by atoms with Gasteiger partial charge in [0.15, 0.2) is 0 Å². The van der Waals surface area contributed by atoms with Crippen LogP contribution in [0, 0.1) is 0 Å². The average Bonchev–Trinajstić information content (AvgIpc) is 3.01. The van der Waals surface area contributed by atoms with Gasteiger partial charge >= 0.3 is 0 Å². The van der Waals surface area contributed by atoms with Crippen LogP contribution in [-0.2, 0) is 17.6 Å². The van der Waals surface area contributed by atoms with Gasteiger partial charge in [0.05, 0.1) is 6.61 Å². The highest BCUT2D eigenvalue weighted by Crippen LogP contribution is 2.42. The Morgan fingerprint density at radius 2 is 2.47 bits per heavy atom. The second-order valence-electron chi connectivity index (χ2n) is 5.26. The number of ether oxygens (including phenoxy) is 1. The van der Waals surface area contributed by atoms with E-state index in [1.54, 1.807) is 0 Å². The molecule has 0 unspecified atom stereocenters. The molecule has 1 aromatic rings. The second kappa shape index (κ2) is 5.24. The van der Waals surface area contributed by atoms with Crippen LogP contribution in [0.25, 0.3) is 0 Å². The van der Waals surface area contributed by atoms with E-state index in [1.807, 2.05) is 0 Å². The van der Waals surface area contributed by atoms with E-state index in [0.717, 1.165) is 38.0 Å². The summed E-state index contributed by atoms with van der Waals surface area (Å²) in [6.07, 6.45) is 3.60. The Bertz CT molecular complexity index is 583. The Labute approximate surface area is 118 Å². The molecule has 19 heavy (non-hydrogen) atoms. The normalized spacial score (nSPS) is 22.7. The van der Waals surface area contributed by atoms with Gasteiger partial charge < -0.3 is 10.1 Å². The molecule has 102 valence electrons. The quantitative estimate of drug-likeness (QED) is 0.905. The van der Waals surface area contributed by atoms with Crippen molar-refractivity contribution in [1.82, 2.24) is 5.32 Å². The summed E-state index contributed by atoms with van der Waals surface area (Å²) >= 11 is 0. The zero-order valence-electron chi connectivity index (χ0n) is 14.0. The zero-order valence-corrected chi connectivity index (χ0v) is 11.0. The first-order valence-electron chi connectivity index (χ1n) is 8.48. The van der Waals surface area contributed by atoms with Gasteiger partial charge in [0.2, 0.25) is 5.91 Å². The molecule has 1 aliphatic carbocycles. The number of carbonyl (C=O) groups excluding carboxylic acids is 1. The first-order chi connectivity index (χ1) is 10.4. The van der Waals surface area contributed by atoms with Crippen molar-refractivity contribution in [3.63, 3.8) is 0 Å². The predicted octanol–water partition coefficient (Wildman–Crippen LogP) is 2.57. The maximum absolute atomic E-state index is 11.6. The van der Waals surface area contributed by atoms with E-state index in [2.05, 4.69) is 17.4 Å². The standard InChI is InChI=1S/C16H21NO2/c1-2-15(18)17-9-7-12-4-3-11-5-6-14-13(16(11)12)8-10-19-14/h5-6,12H,2-4,7-10H2,1H3,(H,17,18)/t12-/m0/s1/i1D3. The molecule has 2 aliphatic rings. The average molecular weight is 262 g/mol. The van der Waals surface area contributed by atoms with Crippen LogP contribution in [0.2, 0.25) is 0 Å². The molecule has 3 heteroatoms. The lowest BCUT2D eigenvalue weighted by molar-refractivity contribution is -0.120. The van der Waals surface area contributed by atoms with Gasteiger partial charge in [0, 0.05) is 29.1 Å². The number of hydrogen-bond donors (Lipinski definition) is 1. The van der Waals surface area contributed by atoms with Crippen molar-refractivity contribution in [2.75, 3.05) is 13.2 Å². The largest absolute Gasteiger partial charge is 0.493 e. The molecule has 1 amide bonds. The Kier molecular flexibility index (Phi) is 2.59. The third-order valence-corrected chi connectivity index (χ3v) is 4.16. The van der Waals surface area contributed by atoms with Crippen LogP contribution < -0.4 is 10.1 Å². The van der Waals surface area contributed by atoms with E-state index in [1.165, 1.54) is 16.7 Å². The number of rotatable bonds is 4. The van der Waals surface area contributed by atoms with E-state index < -0.39 is 13.3 Å². The summed E-state index contributed by atoms with van der Waals surface area (Å²) in [5.41, 5.74) is 4.16. The molecule has 3 nitrogen and oxygen atoms in total. The van der Waals surface area contributed by atoms with Crippen LogP contribution >= 0.6 is 0 Å². The summed E-state index contributed by atoms with van der Waals surface area (Å²) in [5, 5.41) is 2.73. The molecule has 0 saturated carbocycles. The molecule has 1 atom stereocenters. The van der Waals surface area contributed by atoms with Crippen molar-refractivity contribution >= 4 is 5.91 Å². The minimum Gasteiger partial charge on any atom is -0.493 e. The third-order valence-electron chi connectivity index (χ3n) is 4.16. The Morgan fingerprint density at radius 3 is 3.37 bits per heavy atom. The fourth-order valence-electron chi connectivity index (χ4n) is 3.29. The zero-order chi connectivity index (χ0) is 15.7. The van der Waals surface area contributed by atoms with E-state index in [-0.39, 0.29) is 5.91 Å². The molecule has 0 bridgehead atoms. The highest BCUT2D eigenvalue weighted by molar-refractivity contribution is 5.75. The fourth-order valence-corrected chi connectivity index (χ4v) is 3.29. The van der Waals surface area contributed by atoms with Crippen LogP contribution in [0.5, 0.6) is 5.75 Å². The predicted molar refractivity (Wildman–Crippen MR) is 74.6 cm³/mol. The number of aryl methyl sites for hydroxylation is 1. The Morgan fingerprint density at radius 1 is 1.53 bits per heavy atom. The van der Waals surface area contributed by atoms with Gasteiger partial charge in [-0.25, -0.2) is 0 Å². The topological polar surface area (TPSA) is 38.3 Å². The molecular weight excluding hydrogens is 238 g/mol. The SMILES string of the molecule is [2H]C([2H])([2H])CC(=O)NCC[C@@H]1CCc2ccc3c(c21)CCO3. The summed E-state index contributed by atoms with van der Waals surface area (Å²) in [6.45, 7) is -0.903. The van der Waals surface area contributed by atoms with Crippen molar-refractivity contribution in [2.24, 2.45) is 0 Å². The van der Waals surface area contributed by atoms with Crippen LogP contribution in [0.3, 0.4) is 0 Å². The molecule has 0 radical (unpaired) electrons. The molecule has 0 aromatic heterocycles. The van der Waals surface area contributed by atoms with E-state index in [4.69, 9.17) is 8.85 Å². The number of benzene rings is 1. The van der Waals surface area contributed by atoms with Crippen LogP contribution in [-0.4, -0.2) is 19.1 Å². The highest BCUT2D eigenvalue weighted by Gasteiger charge is 2.29. The summed E-state index contributed by atoms with van der Waals surface area (Å²) in [6, 6.07) is 4.23. The molecule has 3 rings (SSSR count). The third kappa shape index (κ3) is 2.34. The van der Waals surface area contributed by atoms with Crippen molar-refractivity contribution in [2.45, 2.75) is 44.9 Å². The van der Waals surface area contributed by atoms with Gasteiger partial charge in [-0.05, 0) is 42.4 Å². The van der Waals surface area contributed by atoms with Gasteiger partial charge in [-0.15, -0.1) is 0 Å².